The Labute approximate surface area is 276 Å². The Bertz CT molecular complexity index is 1700. The summed E-state index contributed by atoms with van der Waals surface area (Å²) in [5, 5.41) is 11.7. The molecule has 0 bridgehead atoms. The van der Waals surface area contributed by atoms with Gasteiger partial charge in [-0.1, -0.05) is 75.4 Å². The molecule has 1 aliphatic rings. The molecule has 1 aromatic heterocycles. The predicted octanol–water partition coefficient (Wildman–Crippen LogP) is 5.21. The second-order valence-electron chi connectivity index (χ2n) is 13.2. The molecular formula is C36H44N2O8Si. The highest BCUT2D eigenvalue weighted by molar-refractivity contribution is 6.74. The van der Waals surface area contributed by atoms with E-state index in [2.05, 4.69) is 38.8 Å². The summed E-state index contributed by atoms with van der Waals surface area (Å²) in [6.45, 7) is 10.4. The van der Waals surface area contributed by atoms with Gasteiger partial charge in [0.2, 0.25) is 0 Å². The van der Waals surface area contributed by atoms with Crippen molar-refractivity contribution in [1.82, 2.24) is 9.55 Å². The monoisotopic (exact) mass is 660 g/mol. The summed E-state index contributed by atoms with van der Waals surface area (Å²) in [5.74, 6) is 1.39. The second-order valence-corrected chi connectivity index (χ2v) is 18.0. The molecule has 3 aromatic carbocycles. The average molecular weight is 661 g/mol. The summed E-state index contributed by atoms with van der Waals surface area (Å²) < 4.78 is 32.4. The fourth-order valence-electron chi connectivity index (χ4n) is 5.63. The maximum absolute atomic E-state index is 13.0. The Morgan fingerprint density at radius 2 is 1.36 bits per heavy atom. The minimum absolute atomic E-state index is 0.0694. The number of aromatic nitrogens is 2. The highest BCUT2D eigenvalue weighted by Crippen LogP contribution is 2.44. The summed E-state index contributed by atoms with van der Waals surface area (Å²) in [7, 11) is 0.760. The van der Waals surface area contributed by atoms with Crippen LogP contribution in [0.15, 0.2) is 101 Å². The largest absolute Gasteiger partial charge is 0.497 e. The van der Waals surface area contributed by atoms with Gasteiger partial charge in [-0.25, -0.2) is 4.79 Å². The summed E-state index contributed by atoms with van der Waals surface area (Å²) >= 11 is 0. The summed E-state index contributed by atoms with van der Waals surface area (Å²) in [6, 6.07) is 26.4. The molecule has 0 spiro atoms. The molecule has 1 saturated heterocycles. The molecule has 47 heavy (non-hydrogen) atoms. The van der Waals surface area contributed by atoms with Crippen LogP contribution in [0.25, 0.3) is 0 Å². The lowest BCUT2D eigenvalue weighted by Crippen LogP contribution is -2.50. The lowest BCUT2D eigenvalue weighted by atomic mass is 9.80. The predicted molar refractivity (Wildman–Crippen MR) is 182 cm³/mol. The molecule has 0 aliphatic carbocycles. The van der Waals surface area contributed by atoms with E-state index in [9.17, 15) is 14.7 Å². The number of nitrogens with one attached hydrogen (secondary N) is 1. The normalized spacial score (nSPS) is 20.3. The van der Waals surface area contributed by atoms with Crippen molar-refractivity contribution < 1.29 is 28.5 Å². The van der Waals surface area contributed by atoms with Gasteiger partial charge in [-0.2, -0.15) is 0 Å². The van der Waals surface area contributed by atoms with Gasteiger partial charge in [0.1, 0.15) is 35.4 Å². The van der Waals surface area contributed by atoms with Gasteiger partial charge < -0.3 is 28.5 Å². The topological polar surface area (TPSA) is 121 Å². The van der Waals surface area contributed by atoms with Crippen LogP contribution >= 0.6 is 0 Å². The van der Waals surface area contributed by atoms with Crippen molar-refractivity contribution in [2.45, 2.75) is 69.0 Å². The number of aliphatic hydroxyl groups excluding tert-OH is 1. The molecule has 250 valence electrons. The van der Waals surface area contributed by atoms with Gasteiger partial charge in [0.05, 0.1) is 20.8 Å². The highest BCUT2D eigenvalue weighted by atomic mass is 28.4. The third kappa shape index (κ3) is 6.86. The molecule has 3 unspecified atom stereocenters. The number of aliphatic hydroxyl groups is 1. The van der Waals surface area contributed by atoms with Crippen LogP contribution in [0.4, 0.5) is 0 Å². The van der Waals surface area contributed by atoms with E-state index in [1.165, 1.54) is 16.8 Å². The summed E-state index contributed by atoms with van der Waals surface area (Å²) in [4.78, 5) is 27.2. The van der Waals surface area contributed by atoms with Gasteiger partial charge in [0.25, 0.3) is 5.56 Å². The third-order valence-electron chi connectivity index (χ3n) is 9.31. The quantitative estimate of drug-likeness (QED) is 0.166. The van der Waals surface area contributed by atoms with E-state index in [0.29, 0.717) is 11.5 Å². The van der Waals surface area contributed by atoms with E-state index in [4.69, 9.17) is 23.4 Å². The summed E-state index contributed by atoms with van der Waals surface area (Å²) in [5.41, 5.74) is 0.166. The number of aromatic amines is 1. The van der Waals surface area contributed by atoms with Gasteiger partial charge in [-0.05, 0) is 59.1 Å². The third-order valence-corrected chi connectivity index (χ3v) is 13.8. The Kier molecular flexibility index (Phi) is 9.95. The van der Waals surface area contributed by atoms with E-state index in [1.807, 2.05) is 78.9 Å². The second kappa shape index (κ2) is 13.6. The smallest absolute Gasteiger partial charge is 0.330 e. The fourth-order valence-corrected chi connectivity index (χ4v) is 6.92. The van der Waals surface area contributed by atoms with Crippen molar-refractivity contribution in [2.75, 3.05) is 20.8 Å². The van der Waals surface area contributed by atoms with Crippen molar-refractivity contribution in [3.8, 4) is 11.5 Å². The molecule has 10 nitrogen and oxygen atoms in total. The molecule has 2 heterocycles. The van der Waals surface area contributed by atoms with Crippen LogP contribution in [0, 0.1) is 0 Å². The van der Waals surface area contributed by atoms with Crippen LogP contribution in [0.5, 0.6) is 11.5 Å². The number of methoxy groups -OCH3 is 2. The molecule has 0 amide bonds. The highest BCUT2D eigenvalue weighted by Gasteiger charge is 2.51. The van der Waals surface area contributed by atoms with E-state index in [-0.39, 0.29) is 11.6 Å². The Hall–Kier alpha value is -4.00. The molecule has 4 atom stereocenters. The first-order valence-electron chi connectivity index (χ1n) is 15.6. The zero-order chi connectivity index (χ0) is 34.0. The molecule has 5 rings (SSSR count). The number of nitrogens with zero attached hydrogens (tertiary/aromatic N) is 1. The standard InChI is InChI=1S/C36H44N2O8Si/c1-35(2,3)47(6,7)46-32-31(40)29(45-33(32)38-22-21-30(39)37-34(38)41)23-44-36(24-11-9-8-10-12-24,25-13-17-27(42-4)18-14-25)26-15-19-28(43-5)20-16-26/h8-22,29,31-33,40H,23H2,1-7H3,(H,37,39,41)/t29?,31-,32?,33?/m0/s1. The molecule has 1 aliphatic heterocycles. The fraction of sp³-hybridized carbons (Fsp3) is 0.389. The van der Waals surface area contributed by atoms with Crippen molar-refractivity contribution >= 4 is 8.32 Å². The molecule has 0 saturated carbocycles. The van der Waals surface area contributed by atoms with Crippen LogP contribution in [0.1, 0.15) is 43.7 Å². The lowest BCUT2D eigenvalue weighted by molar-refractivity contribution is -0.0956. The minimum Gasteiger partial charge on any atom is -0.497 e. The molecular weight excluding hydrogens is 616 g/mol. The van der Waals surface area contributed by atoms with Gasteiger partial charge in [0.15, 0.2) is 14.5 Å². The van der Waals surface area contributed by atoms with Crippen LogP contribution in [-0.2, 0) is 19.5 Å². The number of hydrogen-bond acceptors (Lipinski definition) is 8. The zero-order valence-electron chi connectivity index (χ0n) is 27.9. The number of rotatable bonds is 11. The first-order valence-corrected chi connectivity index (χ1v) is 18.5. The molecule has 1 fully saturated rings. The number of ether oxygens (including phenoxy) is 4. The van der Waals surface area contributed by atoms with Crippen molar-refractivity contribution in [3.05, 3.63) is 129 Å². The van der Waals surface area contributed by atoms with Crippen LogP contribution < -0.4 is 20.7 Å². The Morgan fingerprint density at radius 1 is 0.830 bits per heavy atom. The van der Waals surface area contributed by atoms with E-state index in [0.717, 1.165) is 16.7 Å². The number of hydrogen-bond donors (Lipinski definition) is 2. The maximum atomic E-state index is 13.0. The maximum Gasteiger partial charge on any atom is 0.330 e. The summed E-state index contributed by atoms with van der Waals surface area (Å²) in [6.07, 6.45) is -2.60. The van der Waals surface area contributed by atoms with Gasteiger partial charge in [-0.3, -0.25) is 14.3 Å². The molecule has 11 heteroatoms. The van der Waals surface area contributed by atoms with Crippen LogP contribution in [-0.4, -0.2) is 62.1 Å². The SMILES string of the molecule is COc1ccc(C(OCC2OC(n3ccc(=O)[nH]c3=O)C(O[Si](C)(C)C(C)(C)C)[C@H]2O)(c2ccccc2)c2ccc(OC)cc2)cc1. The van der Waals surface area contributed by atoms with Crippen molar-refractivity contribution in [2.24, 2.45) is 0 Å². The Balaban J connectivity index is 1.59. The van der Waals surface area contributed by atoms with Crippen molar-refractivity contribution in [3.63, 3.8) is 0 Å². The average Bonchev–Trinajstić information content (AvgIpc) is 3.35. The number of H-pyrrole nitrogens is 1. The lowest BCUT2D eigenvalue weighted by Gasteiger charge is -2.40. The minimum atomic E-state index is -2.47. The van der Waals surface area contributed by atoms with Crippen LogP contribution in [0.3, 0.4) is 0 Å². The van der Waals surface area contributed by atoms with Gasteiger partial charge in [0, 0.05) is 12.3 Å². The molecule has 2 N–H and O–H groups in total. The molecule has 4 aromatic rings. The van der Waals surface area contributed by atoms with Gasteiger partial charge in [-0.15, -0.1) is 0 Å². The van der Waals surface area contributed by atoms with Crippen molar-refractivity contribution in [1.29, 1.82) is 0 Å². The van der Waals surface area contributed by atoms with E-state index >= 15 is 0 Å². The molecule has 0 radical (unpaired) electrons. The van der Waals surface area contributed by atoms with Crippen LogP contribution in [0.2, 0.25) is 18.1 Å². The first-order chi connectivity index (χ1) is 22.3. The Morgan fingerprint density at radius 3 is 1.85 bits per heavy atom. The first kappa shape index (κ1) is 34.3. The number of benzene rings is 3. The van der Waals surface area contributed by atoms with E-state index < -0.39 is 49.7 Å². The van der Waals surface area contributed by atoms with E-state index in [1.54, 1.807) is 14.2 Å². The zero-order valence-corrected chi connectivity index (χ0v) is 28.9. The van der Waals surface area contributed by atoms with Gasteiger partial charge >= 0.3 is 5.69 Å².